The number of nitrogens with zero attached hydrogens (tertiary/aromatic N) is 1. The van der Waals surface area contributed by atoms with Crippen molar-refractivity contribution in [2.75, 3.05) is 26.8 Å². The first-order chi connectivity index (χ1) is 8.63. The van der Waals surface area contributed by atoms with E-state index in [1.54, 1.807) is 18.4 Å². The van der Waals surface area contributed by atoms with Gasteiger partial charge in [0.15, 0.2) is 0 Å². The molecule has 1 aromatic rings. The quantitative estimate of drug-likeness (QED) is 0.726. The van der Waals surface area contributed by atoms with Crippen LogP contribution in [0.1, 0.15) is 25.8 Å². The van der Waals surface area contributed by atoms with E-state index in [1.807, 2.05) is 4.90 Å². The highest BCUT2D eigenvalue weighted by Crippen LogP contribution is 2.10. The molecule has 0 aliphatic carbocycles. The summed E-state index contributed by atoms with van der Waals surface area (Å²) in [4.78, 5) is 14.1. The first-order valence-electron chi connectivity index (χ1n) is 6.41. The molecule has 102 valence electrons. The second-order valence-electron chi connectivity index (χ2n) is 4.86. The van der Waals surface area contributed by atoms with Crippen molar-refractivity contribution in [2.24, 2.45) is 5.92 Å². The molecule has 3 nitrogen and oxygen atoms in total. The summed E-state index contributed by atoms with van der Waals surface area (Å²) in [5.41, 5.74) is 1.25. The van der Waals surface area contributed by atoms with Gasteiger partial charge in [0.25, 0.3) is 0 Å². The number of carbonyl (C=O) groups excluding carboxylic acids is 1. The zero-order valence-corrected chi connectivity index (χ0v) is 12.3. The molecule has 4 heteroatoms. The number of ether oxygens (including phenoxy) is 1. The normalized spacial score (nSPS) is 10.9. The van der Waals surface area contributed by atoms with E-state index in [-0.39, 0.29) is 5.91 Å². The van der Waals surface area contributed by atoms with Gasteiger partial charge in [0.2, 0.25) is 5.91 Å². The van der Waals surface area contributed by atoms with Gasteiger partial charge in [-0.15, -0.1) is 0 Å². The van der Waals surface area contributed by atoms with Crippen molar-refractivity contribution in [2.45, 2.75) is 26.7 Å². The zero-order valence-electron chi connectivity index (χ0n) is 11.5. The smallest absolute Gasteiger partial charge is 0.222 e. The predicted octanol–water partition coefficient (Wildman–Crippen LogP) is 2.81. The van der Waals surface area contributed by atoms with Gasteiger partial charge in [-0.1, -0.05) is 13.8 Å². The Morgan fingerprint density at radius 1 is 1.50 bits per heavy atom. The van der Waals surface area contributed by atoms with Crippen LogP contribution in [0.15, 0.2) is 16.8 Å². The lowest BCUT2D eigenvalue weighted by atomic mass is 10.1. The van der Waals surface area contributed by atoms with E-state index in [4.69, 9.17) is 4.74 Å². The van der Waals surface area contributed by atoms with Gasteiger partial charge in [0.05, 0.1) is 6.61 Å². The molecule has 1 amide bonds. The number of amides is 1. The minimum absolute atomic E-state index is 0.229. The summed E-state index contributed by atoms with van der Waals surface area (Å²) in [7, 11) is 1.67. The average molecular weight is 269 g/mol. The predicted molar refractivity (Wildman–Crippen MR) is 75.9 cm³/mol. The van der Waals surface area contributed by atoms with Crippen LogP contribution in [0.3, 0.4) is 0 Å². The Kier molecular flexibility index (Phi) is 6.98. The molecule has 0 N–H and O–H groups in total. The number of aryl methyl sites for hydroxylation is 1. The summed E-state index contributed by atoms with van der Waals surface area (Å²) in [5.74, 6) is 0.721. The molecule has 18 heavy (non-hydrogen) atoms. The van der Waals surface area contributed by atoms with Crippen molar-refractivity contribution in [1.82, 2.24) is 4.90 Å². The first kappa shape index (κ1) is 15.2. The molecular weight excluding hydrogens is 246 g/mol. The molecule has 0 radical (unpaired) electrons. The van der Waals surface area contributed by atoms with Crippen LogP contribution in [0, 0.1) is 5.92 Å². The van der Waals surface area contributed by atoms with Crippen molar-refractivity contribution in [3.8, 4) is 0 Å². The summed E-state index contributed by atoms with van der Waals surface area (Å²) in [5, 5.41) is 4.16. The van der Waals surface area contributed by atoms with Crippen molar-refractivity contribution in [1.29, 1.82) is 0 Å². The van der Waals surface area contributed by atoms with Crippen LogP contribution in [-0.2, 0) is 16.0 Å². The number of methoxy groups -OCH3 is 1. The number of hydrogen-bond acceptors (Lipinski definition) is 3. The van der Waals surface area contributed by atoms with Crippen LogP contribution >= 0.6 is 11.3 Å². The topological polar surface area (TPSA) is 29.5 Å². The number of rotatable bonds is 8. The molecular formula is C14H23NO2S. The minimum Gasteiger partial charge on any atom is -0.383 e. The largest absolute Gasteiger partial charge is 0.383 e. The summed E-state index contributed by atoms with van der Waals surface area (Å²) in [6.45, 7) is 6.37. The third kappa shape index (κ3) is 5.65. The van der Waals surface area contributed by atoms with Gasteiger partial charge >= 0.3 is 0 Å². The van der Waals surface area contributed by atoms with Gasteiger partial charge < -0.3 is 9.64 Å². The van der Waals surface area contributed by atoms with Crippen LogP contribution in [0.5, 0.6) is 0 Å². The zero-order chi connectivity index (χ0) is 13.4. The maximum Gasteiger partial charge on any atom is 0.222 e. The summed E-state index contributed by atoms with van der Waals surface area (Å²) in [6.07, 6.45) is 1.43. The van der Waals surface area contributed by atoms with E-state index >= 15 is 0 Å². The van der Waals surface area contributed by atoms with E-state index in [1.165, 1.54) is 5.56 Å². The number of carbonyl (C=O) groups is 1. The van der Waals surface area contributed by atoms with Crippen molar-refractivity contribution in [3.05, 3.63) is 22.4 Å². The van der Waals surface area contributed by atoms with Gasteiger partial charge in [-0.3, -0.25) is 4.79 Å². The summed E-state index contributed by atoms with van der Waals surface area (Å²) in [6, 6.07) is 2.08. The molecule has 0 aliphatic rings. The maximum atomic E-state index is 12.2. The highest BCUT2D eigenvalue weighted by molar-refractivity contribution is 7.07. The van der Waals surface area contributed by atoms with Gasteiger partial charge in [-0.25, -0.2) is 0 Å². The lowest BCUT2D eigenvalue weighted by Crippen LogP contribution is -2.36. The molecule has 0 bridgehead atoms. The van der Waals surface area contributed by atoms with Crippen molar-refractivity contribution >= 4 is 17.2 Å². The van der Waals surface area contributed by atoms with Gasteiger partial charge in [-0.2, -0.15) is 11.3 Å². The lowest BCUT2D eigenvalue weighted by molar-refractivity contribution is -0.132. The highest BCUT2D eigenvalue weighted by Gasteiger charge is 2.14. The fourth-order valence-electron chi connectivity index (χ4n) is 1.80. The monoisotopic (exact) mass is 269 g/mol. The van der Waals surface area contributed by atoms with Crippen molar-refractivity contribution in [3.63, 3.8) is 0 Å². The fraction of sp³-hybridized carbons (Fsp3) is 0.643. The third-order valence-electron chi connectivity index (χ3n) is 2.71. The minimum atomic E-state index is 0.229. The molecule has 0 spiro atoms. The Morgan fingerprint density at radius 3 is 2.83 bits per heavy atom. The SMILES string of the molecule is COCCN(CC(C)C)C(=O)CCc1ccsc1. The van der Waals surface area contributed by atoms with E-state index in [0.29, 0.717) is 25.5 Å². The Bertz CT molecular complexity index is 336. The molecule has 0 aliphatic heterocycles. The molecule has 1 heterocycles. The molecule has 0 saturated heterocycles. The maximum absolute atomic E-state index is 12.2. The fourth-order valence-corrected chi connectivity index (χ4v) is 2.51. The van der Waals surface area contributed by atoms with Crippen LogP contribution in [0.25, 0.3) is 0 Å². The molecule has 1 aromatic heterocycles. The molecule has 0 atom stereocenters. The van der Waals surface area contributed by atoms with Crippen LogP contribution in [0.2, 0.25) is 0 Å². The molecule has 0 fully saturated rings. The Hall–Kier alpha value is -0.870. The Morgan fingerprint density at radius 2 is 2.28 bits per heavy atom. The first-order valence-corrected chi connectivity index (χ1v) is 7.35. The second kappa shape index (κ2) is 8.27. The van der Waals surface area contributed by atoms with Crippen LogP contribution < -0.4 is 0 Å². The van der Waals surface area contributed by atoms with Crippen LogP contribution in [-0.4, -0.2) is 37.6 Å². The molecule has 0 aromatic carbocycles. The standard InChI is InChI=1S/C14H23NO2S/c1-12(2)10-15(7-8-17-3)14(16)5-4-13-6-9-18-11-13/h6,9,11-12H,4-5,7-8,10H2,1-3H3. The Labute approximate surface area is 114 Å². The average Bonchev–Trinajstić information content (AvgIpc) is 2.84. The van der Waals surface area contributed by atoms with Crippen molar-refractivity contribution < 1.29 is 9.53 Å². The Balaban J connectivity index is 2.42. The van der Waals surface area contributed by atoms with Crippen LogP contribution in [0.4, 0.5) is 0 Å². The molecule has 0 saturated carbocycles. The lowest BCUT2D eigenvalue weighted by Gasteiger charge is -2.24. The summed E-state index contributed by atoms with van der Waals surface area (Å²) < 4.78 is 5.06. The van der Waals surface area contributed by atoms with Gasteiger partial charge in [-0.05, 0) is 34.7 Å². The van der Waals surface area contributed by atoms with Gasteiger partial charge in [0, 0.05) is 26.6 Å². The molecule has 0 unspecified atom stereocenters. The number of thiophene rings is 1. The van der Waals surface area contributed by atoms with E-state index in [9.17, 15) is 4.79 Å². The molecule has 1 rings (SSSR count). The second-order valence-corrected chi connectivity index (χ2v) is 5.64. The number of hydrogen-bond donors (Lipinski definition) is 0. The third-order valence-corrected chi connectivity index (χ3v) is 3.44. The highest BCUT2D eigenvalue weighted by atomic mass is 32.1. The summed E-state index contributed by atoms with van der Waals surface area (Å²) >= 11 is 1.68. The van der Waals surface area contributed by atoms with E-state index < -0.39 is 0 Å². The van der Waals surface area contributed by atoms with E-state index in [2.05, 4.69) is 30.7 Å². The van der Waals surface area contributed by atoms with E-state index in [0.717, 1.165) is 13.0 Å². The van der Waals surface area contributed by atoms with Gasteiger partial charge in [0.1, 0.15) is 0 Å².